The lowest BCUT2D eigenvalue weighted by Gasteiger charge is -2.23. The summed E-state index contributed by atoms with van der Waals surface area (Å²) in [6.07, 6.45) is 2.03. The Morgan fingerprint density at radius 1 is 1.04 bits per heavy atom. The van der Waals surface area contributed by atoms with Crippen LogP contribution in [0.1, 0.15) is 28.8 Å². The molecule has 1 aliphatic rings. The Labute approximate surface area is 158 Å². The topological polar surface area (TPSA) is 65.1 Å². The molecule has 2 aromatic rings. The molecule has 0 unspecified atom stereocenters. The first-order chi connectivity index (χ1) is 13.1. The van der Waals surface area contributed by atoms with E-state index in [1.54, 1.807) is 31.4 Å². The van der Waals surface area contributed by atoms with Crippen LogP contribution in [0.5, 0.6) is 11.5 Å². The predicted molar refractivity (Wildman–Crippen MR) is 99.8 cm³/mol. The van der Waals surface area contributed by atoms with Gasteiger partial charge in [0, 0.05) is 18.2 Å². The highest BCUT2D eigenvalue weighted by molar-refractivity contribution is 5.95. The van der Waals surface area contributed by atoms with Gasteiger partial charge in [-0.2, -0.15) is 0 Å². The number of carbonyl (C=O) groups is 2. The van der Waals surface area contributed by atoms with Gasteiger partial charge in [-0.05, 0) is 48.7 Å². The molecule has 0 aromatic heterocycles. The molecule has 0 bridgehead atoms. The molecule has 0 N–H and O–H groups in total. The van der Waals surface area contributed by atoms with Gasteiger partial charge in [-0.15, -0.1) is 0 Å². The van der Waals surface area contributed by atoms with Gasteiger partial charge >= 0.3 is 5.97 Å². The van der Waals surface area contributed by atoms with Crippen molar-refractivity contribution in [1.29, 1.82) is 0 Å². The van der Waals surface area contributed by atoms with Crippen LogP contribution in [0.2, 0.25) is 0 Å². The van der Waals surface area contributed by atoms with Crippen LogP contribution in [0.15, 0.2) is 48.5 Å². The van der Waals surface area contributed by atoms with E-state index in [2.05, 4.69) is 4.74 Å². The number of ether oxygens (including phenoxy) is 3. The summed E-state index contributed by atoms with van der Waals surface area (Å²) in [7, 11) is 2.93. The zero-order valence-electron chi connectivity index (χ0n) is 15.5. The minimum Gasteiger partial charge on any atom is -0.497 e. The molecule has 0 spiro atoms. The molecule has 142 valence electrons. The Kier molecular flexibility index (Phi) is 5.96. The number of amides is 1. The molecule has 1 fully saturated rings. The third-order valence-electron chi connectivity index (χ3n) is 4.43. The van der Waals surface area contributed by atoms with Gasteiger partial charge in [-0.3, -0.25) is 4.79 Å². The van der Waals surface area contributed by atoms with E-state index in [4.69, 9.17) is 9.47 Å². The third-order valence-corrected chi connectivity index (χ3v) is 4.43. The number of methoxy groups -OCH3 is 2. The van der Waals surface area contributed by atoms with E-state index < -0.39 is 5.97 Å². The second-order valence-corrected chi connectivity index (χ2v) is 6.40. The van der Waals surface area contributed by atoms with Crippen LogP contribution >= 0.6 is 0 Å². The van der Waals surface area contributed by atoms with Crippen molar-refractivity contribution in [3.05, 3.63) is 59.7 Å². The van der Waals surface area contributed by atoms with Gasteiger partial charge in [0.05, 0.1) is 14.2 Å². The normalized spacial score (nSPS) is 13.0. The van der Waals surface area contributed by atoms with E-state index in [0.29, 0.717) is 17.9 Å². The summed E-state index contributed by atoms with van der Waals surface area (Å²) in [6.45, 7) is 0.354. The molecule has 2 aromatic carbocycles. The average Bonchev–Trinajstić information content (AvgIpc) is 3.55. The van der Waals surface area contributed by atoms with Gasteiger partial charge in [0.25, 0.3) is 5.91 Å². The van der Waals surface area contributed by atoms with Crippen molar-refractivity contribution in [2.24, 2.45) is 0 Å². The van der Waals surface area contributed by atoms with Crippen LogP contribution in [0.4, 0.5) is 0 Å². The molecule has 0 saturated heterocycles. The molecular formula is C21H23NO5. The van der Waals surface area contributed by atoms with Crippen molar-refractivity contribution in [3.63, 3.8) is 0 Å². The Hall–Kier alpha value is -3.02. The average molecular weight is 369 g/mol. The van der Waals surface area contributed by atoms with E-state index in [1.807, 2.05) is 29.2 Å². The number of carbonyl (C=O) groups excluding carboxylic acids is 2. The van der Waals surface area contributed by atoms with Crippen molar-refractivity contribution in [2.45, 2.75) is 25.4 Å². The van der Waals surface area contributed by atoms with E-state index >= 15 is 0 Å². The lowest BCUT2D eigenvalue weighted by molar-refractivity contribution is -0.142. The molecule has 3 rings (SSSR count). The fourth-order valence-electron chi connectivity index (χ4n) is 2.77. The fourth-order valence-corrected chi connectivity index (χ4v) is 2.77. The summed E-state index contributed by atoms with van der Waals surface area (Å²) in [4.78, 5) is 26.2. The Bertz CT molecular complexity index is 798. The number of rotatable bonds is 8. The Morgan fingerprint density at radius 3 is 2.41 bits per heavy atom. The summed E-state index contributed by atoms with van der Waals surface area (Å²) in [5.74, 6) is 0.743. The van der Waals surface area contributed by atoms with E-state index in [1.165, 1.54) is 7.11 Å². The van der Waals surface area contributed by atoms with Gasteiger partial charge < -0.3 is 19.1 Å². The summed E-state index contributed by atoms with van der Waals surface area (Å²) in [5, 5.41) is 0. The van der Waals surface area contributed by atoms with Crippen LogP contribution in [-0.4, -0.2) is 43.6 Å². The third kappa shape index (κ3) is 5.00. The highest BCUT2D eigenvalue weighted by Crippen LogP contribution is 2.30. The molecular weight excluding hydrogens is 346 g/mol. The molecule has 0 radical (unpaired) electrons. The van der Waals surface area contributed by atoms with Gasteiger partial charge in [0.2, 0.25) is 0 Å². The summed E-state index contributed by atoms with van der Waals surface area (Å²) < 4.78 is 15.1. The zero-order valence-corrected chi connectivity index (χ0v) is 15.5. The van der Waals surface area contributed by atoms with Crippen molar-refractivity contribution in [2.75, 3.05) is 20.8 Å². The maximum absolute atomic E-state index is 13.1. The molecule has 0 aliphatic heterocycles. The van der Waals surface area contributed by atoms with Crippen LogP contribution < -0.4 is 9.47 Å². The van der Waals surface area contributed by atoms with Crippen LogP contribution in [-0.2, 0) is 16.1 Å². The quantitative estimate of drug-likeness (QED) is 0.669. The maximum atomic E-state index is 13.1. The fraction of sp³-hybridized carbons (Fsp3) is 0.333. The molecule has 0 heterocycles. The van der Waals surface area contributed by atoms with Crippen molar-refractivity contribution in [1.82, 2.24) is 4.90 Å². The molecule has 27 heavy (non-hydrogen) atoms. The highest BCUT2D eigenvalue weighted by atomic mass is 16.6. The predicted octanol–water partition coefficient (Wildman–Crippen LogP) is 3.05. The van der Waals surface area contributed by atoms with E-state index in [-0.39, 0.29) is 18.6 Å². The SMILES string of the molecule is COC(=O)COc1cccc(C(=O)N(Cc2ccc(OC)cc2)C2CC2)c1. The van der Waals surface area contributed by atoms with Crippen molar-refractivity contribution < 1.29 is 23.8 Å². The van der Waals surface area contributed by atoms with Gasteiger partial charge in [0.15, 0.2) is 6.61 Å². The summed E-state index contributed by atoms with van der Waals surface area (Å²) >= 11 is 0. The maximum Gasteiger partial charge on any atom is 0.343 e. The molecule has 0 atom stereocenters. The van der Waals surface area contributed by atoms with Gasteiger partial charge in [-0.25, -0.2) is 4.79 Å². The monoisotopic (exact) mass is 369 g/mol. The van der Waals surface area contributed by atoms with Crippen LogP contribution in [0.3, 0.4) is 0 Å². The first-order valence-electron chi connectivity index (χ1n) is 8.84. The smallest absolute Gasteiger partial charge is 0.343 e. The molecule has 6 heteroatoms. The van der Waals surface area contributed by atoms with Crippen LogP contribution in [0, 0.1) is 0 Å². The first-order valence-corrected chi connectivity index (χ1v) is 8.84. The van der Waals surface area contributed by atoms with Crippen molar-refractivity contribution >= 4 is 11.9 Å². The largest absolute Gasteiger partial charge is 0.497 e. The lowest BCUT2D eigenvalue weighted by Crippen LogP contribution is -2.32. The summed E-state index contributed by atoms with van der Waals surface area (Å²) in [6, 6.07) is 14.9. The zero-order chi connectivity index (χ0) is 19.2. The van der Waals surface area contributed by atoms with Gasteiger partial charge in [-0.1, -0.05) is 18.2 Å². The molecule has 6 nitrogen and oxygen atoms in total. The number of hydrogen-bond acceptors (Lipinski definition) is 5. The second-order valence-electron chi connectivity index (χ2n) is 6.40. The molecule has 1 saturated carbocycles. The number of nitrogens with zero attached hydrogens (tertiary/aromatic N) is 1. The highest BCUT2D eigenvalue weighted by Gasteiger charge is 2.33. The lowest BCUT2D eigenvalue weighted by atomic mass is 10.1. The minimum absolute atomic E-state index is 0.0446. The number of hydrogen-bond donors (Lipinski definition) is 0. The molecule has 1 aliphatic carbocycles. The van der Waals surface area contributed by atoms with Gasteiger partial charge in [0.1, 0.15) is 11.5 Å². The summed E-state index contributed by atoms with van der Waals surface area (Å²) in [5.41, 5.74) is 1.59. The van der Waals surface area contributed by atoms with Crippen LogP contribution in [0.25, 0.3) is 0 Å². The van der Waals surface area contributed by atoms with Crippen molar-refractivity contribution in [3.8, 4) is 11.5 Å². The number of esters is 1. The number of benzene rings is 2. The van der Waals surface area contributed by atoms with E-state index in [9.17, 15) is 9.59 Å². The minimum atomic E-state index is -0.467. The Morgan fingerprint density at radius 2 is 1.78 bits per heavy atom. The first kappa shape index (κ1) is 18.8. The van der Waals surface area contributed by atoms with E-state index in [0.717, 1.165) is 24.2 Å². The molecule has 1 amide bonds. The second kappa shape index (κ2) is 8.58. The Balaban J connectivity index is 1.72. The standard InChI is InChI=1S/C21H23NO5/c1-25-18-10-6-15(7-11-18)13-22(17-8-9-17)21(24)16-4-3-5-19(12-16)27-14-20(23)26-2/h3-7,10-12,17H,8-9,13-14H2,1-2H3.